The van der Waals surface area contributed by atoms with E-state index < -0.39 is 34.3 Å². The van der Waals surface area contributed by atoms with Crippen molar-refractivity contribution in [1.82, 2.24) is 10.2 Å². The van der Waals surface area contributed by atoms with Crippen LogP contribution in [0, 0.1) is 5.82 Å². The summed E-state index contributed by atoms with van der Waals surface area (Å²) in [4.78, 5) is 27.4. The van der Waals surface area contributed by atoms with Crippen LogP contribution in [0.5, 0.6) is 0 Å². The highest BCUT2D eigenvalue weighted by atomic mass is 79.9. The van der Waals surface area contributed by atoms with E-state index in [1.807, 2.05) is 0 Å². The summed E-state index contributed by atoms with van der Waals surface area (Å²) in [6.45, 7) is 3.48. The number of halogens is 2. The van der Waals surface area contributed by atoms with Crippen LogP contribution in [0.4, 0.5) is 10.1 Å². The minimum atomic E-state index is -3.80. The number of carbonyl (C=O) groups is 2. The smallest absolute Gasteiger partial charge is 0.244 e. The number of carbonyl (C=O) groups excluding carboxylic acids is 2. The Kier molecular flexibility index (Phi) is 9.21. The molecule has 2 aromatic rings. The molecule has 1 atom stereocenters. The number of rotatable bonds is 10. The molecule has 0 unspecified atom stereocenters. The van der Waals surface area contributed by atoms with Crippen LogP contribution < -0.4 is 9.62 Å². The zero-order valence-corrected chi connectivity index (χ0v) is 20.6. The van der Waals surface area contributed by atoms with Gasteiger partial charge in [-0.1, -0.05) is 31.2 Å². The van der Waals surface area contributed by atoms with E-state index >= 15 is 0 Å². The fraction of sp³-hybridized carbons (Fsp3) is 0.364. The zero-order chi connectivity index (χ0) is 23.9. The Morgan fingerprint density at radius 2 is 1.72 bits per heavy atom. The lowest BCUT2D eigenvalue weighted by atomic mass is 10.1. The average molecular weight is 528 g/mol. The predicted octanol–water partition coefficient (Wildman–Crippen LogP) is 3.30. The molecule has 0 heterocycles. The monoisotopic (exact) mass is 527 g/mol. The highest BCUT2D eigenvalue weighted by Gasteiger charge is 2.32. The Hall–Kier alpha value is -2.46. The van der Waals surface area contributed by atoms with Crippen LogP contribution >= 0.6 is 15.9 Å². The van der Waals surface area contributed by atoms with Gasteiger partial charge in [-0.15, -0.1) is 0 Å². The van der Waals surface area contributed by atoms with Crippen molar-refractivity contribution in [3.63, 3.8) is 0 Å². The van der Waals surface area contributed by atoms with E-state index in [1.165, 1.54) is 29.2 Å². The number of hydrogen-bond donors (Lipinski definition) is 1. The van der Waals surface area contributed by atoms with Crippen LogP contribution in [0.1, 0.15) is 25.8 Å². The third-order valence-corrected chi connectivity index (χ3v) is 6.60. The molecule has 0 aliphatic rings. The number of hydrogen-bond acceptors (Lipinski definition) is 4. The minimum absolute atomic E-state index is 0.0301. The molecule has 7 nitrogen and oxygen atoms in total. The van der Waals surface area contributed by atoms with Gasteiger partial charge < -0.3 is 10.2 Å². The molecule has 0 fully saturated rings. The number of anilines is 1. The molecule has 0 bridgehead atoms. The lowest BCUT2D eigenvalue weighted by molar-refractivity contribution is -0.140. The Morgan fingerprint density at radius 3 is 2.25 bits per heavy atom. The number of amides is 2. The van der Waals surface area contributed by atoms with Gasteiger partial charge in [-0.3, -0.25) is 13.9 Å². The van der Waals surface area contributed by atoms with Crippen LogP contribution in [0.15, 0.2) is 53.0 Å². The molecular formula is C22H27BrFN3O4S. The Bertz CT molecular complexity index is 1050. The van der Waals surface area contributed by atoms with Gasteiger partial charge in [0.15, 0.2) is 0 Å². The maximum absolute atomic E-state index is 13.4. The van der Waals surface area contributed by atoms with Crippen LogP contribution in [0.3, 0.4) is 0 Å². The molecule has 0 saturated heterocycles. The quantitative estimate of drug-likeness (QED) is 0.513. The Balaban J connectivity index is 2.43. The van der Waals surface area contributed by atoms with Crippen molar-refractivity contribution >= 4 is 43.5 Å². The average Bonchev–Trinajstić information content (AvgIpc) is 2.73. The number of nitrogens with zero attached hydrogens (tertiary/aromatic N) is 2. The summed E-state index contributed by atoms with van der Waals surface area (Å²) in [6, 6.07) is 11.5. The number of likely N-dealkylation sites (N-methyl/N-ethyl adjacent to an activating group) is 1. The van der Waals surface area contributed by atoms with E-state index in [-0.39, 0.29) is 12.5 Å². The summed E-state index contributed by atoms with van der Waals surface area (Å²) < 4.78 is 39.9. The van der Waals surface area contributed by atoms with Crippen molar-refractivity contribution in [2.75, 3.05) is 23.7 Å². The van der Waals surface area contributed by atoms with E-state index in [9.17, 15) is 22.4 Å². The molecule has 0 aromatic heterocycles. The van der Waals surface area contributed by atoms with Gasteiger partial charge >= 0.3 is 0 Å². The van der Waals surface area contributed by atoms with Crippen molar-refractivity contribution in [1.29, 1.82) is 0 Å². The van der Waals surface area contributed by atoms with Gasteiger partial charge in [0.05, 0.1) is 11.9 Å². The van der Waals surface area contributed by atoms with Crippen molar-refractivity contribution < 1.29 is 22.4 Å². The third-order valence-electron chi connectivity index (χ3n) is 4.80. The van der Waals surface area contributed by atoms with Crippen molar-refractivity contribution in [2.45, 2.75) is 32.9 Å². The summed E-state index contributed by atoms with van der Waals surface area (Å²) in [5, 5.41) is 2.72. The van der Waals surface area contributed by atoms with E-state index in [2.05, 4.69) is 21.2 Å². The van der Waals surface area contributed by atoms with E-state index in [1.54, 1.807) is 38.1 Å². The number of benzene rings is 2. The van der Waals surface area contributed by atoms with Crippen LogP contribution in [0.2, 0.25) is 0 Å². The van der Waals surface area contributed by atoms with Crippen LogP contribution in [-0.2, 0) is 26.2 Å². The van der Waals surface area contributed by atoms with Gasteiger partial charge in [-0.05, 0) is 59.1 Å². The molecule has 32 heavy (non-hydrogen) atoms. The standard InChI is InChI=1S/C22H27BrFN3O4S/c1-4-19(22(29)25-5-2)26(14-16-10-12-17(24)13-11-16)21(28)15-27(32(3,30)31)20-9-7-6-8-18(20)23/h6-13,19H,4-5,14-15H2,1-3H3,(H,25,29)/t19-/m0/s1. The SMILES string of the molecule is CCNC(=O)[C@H](CC)N(Cc1ccc(F)cc1)C(=O)CN(c1ccccc1Br)S(C)(=O)=O. The highest BCUT2D eigenvalue weighted by molar-refractivity contribution is 9.10. The minimum Gasteiger partial charge on any atom is -0.355 e. The van der Waals surface area contributed by atoms with Crippen LogP contribution in [0.25, 0.3) is 0 Å². The molecule has 10 heteroatoms. The summed E-state index contributed by atoms with van der Waals surface area (Å²) in [5.41, 5.74) is 0.936. The highest BCUT2D eigenvalue weighted by Crippen LogP contribution is 2.28. The first kappa shape index (κ1) is 25.8. The van der Waals surface area contributed by atoms with Gasteiger partial charge in [-0.2, -0.15) is 0 Å². The number of para-hydroxylation sites is 1. The second-order valence-electron chi connectivity index (χ2n) is 7.19. The first-order valence-electron chi connectivity index (χ1n) is 10.1. The Morgan fingerprint density at radius 1 is 1.09 bits per heavy atom. The number of sulfonamides is 1. The fourth-order valence-corrected chi connectivity index (χ4v) is 4.72. The van der Waals surface area contributed by atoms with Crippen LogP contribution in [-0.4, -0.2) is 50.5 Å². The largest absolute Gasteiger partial charge is 0.355 e. The fourth-order valence-electron chi connectivity index (χ4n) is 3.25. The van der Waals surface area contributed by atoms with Gasteiger partial charge in [0.2, 0.25) is 21.8 Å². The molecule has 0 aliphatic heterocycles. The molecule has 174 valence electrons. The number of nitrogens with one attached hydrogen (secondary N) is 1. The van der Waals surface area contributed by atoms with Gasteiger partial charge in [0, 0.05) is 17.6 Å². The summed E-state index contributed by atoms with van der Waals surface area (Å²) >= 11 is 3.33. The zero-order valence-electron chi connectivity index (χ0n) is 18.2. The van der Waals surface area contributed by atoms with Gasteiger partial charge in [0.1, 0.15) is 18.4 Å². The second kappa shape index (κ2) is 11.4. The van der Waals surface area contributed by atoms with Crippen molar-refractivity contribution in [2.24, 2.45) is 0 Å². The molecule has 0 saturated carbocycles. The third kappa shape index (κ3) is 6.77. The summed E-state index contributed by atoms with van der Waals surface area (Å²) in [6.07, 6.45) is 1.35. The molecule has 2 aromatic carbocycles. The van der Waals surface area contributed by atoms with E-state index in [0.717, 1.165) is 10.6 Å². The predicted molar refractivity (Wildman–Crippen MR) is 126 cm³/mol. The van der Waals surface area contributed by atoms with Gasteiger partial charge in [-0.25, -0.2) is 12.8 Å². The molecule has 0 spiro atoms. The maximum Gasteiger partial charge on any atom is 0.244 e. The first-order valence-corrected chi connectivity index (χ1v) is 12.8. The molecule has 0 radical (unpaired) electrons. The lowest BCUT2D eigenvalue weighted by Crippen LogP contribution is -2.52. The van der Waals surface area contributed by atoms with Crippen molar-refractivity contribution in [3.05, 3.63) is 64.4 Å². The maximum atomic E-state index is 13.4. The first-order chi connectivity index (χ1) is 15.1. The second-order valence-corrected chi connectivity index (χ2v) is 9.95. The molecule has 2 rings (SSSR count). The molecule has 0 aliphatic carbocycles. The lowest BCUT2D eigenvalue weighted by Gasteiger charge is -2.33. The van der Waals surface area contributed by atoms with E-state index in [0.29, 0.717) is 28.7 Å². The Labute approximate surface area is 196 Å². The summed E-state index contributed by atoms with van der Waals surface area (Å²) in [5.74, 6) is -1.30. The van der Waals surface area contributed by atoms with Gasteiger partial charge in [0.25, 0.3) is 0 Å². The van der Waals surface area contributed by atoms with Crippen molar-refractivity contribution in [3.8, 4) is 0 Å². The molecule has 1 N–H and O–H groups in total. The topological polar surface area (TPSA) is 86.8 Å². The summed E-state index contributed by atoms with van der Waals surface area (Å²) in [7, 11) is -3.80. The molecular weight excluding hydrogens is 501 g/mol. The molecule has 2 amide bonds. The van der Waals surface area contributed by atoms with E-state index in [4.69, 9.17) is 0 Å². The normalized spacial score (nSPS) is 12.2.